The number of likely N-dealkylation sites (tertiary alicyclic amines) is 1. The zero-order valence-electron chi connectivity index (χ0n) is 12.1. The molecule has 1 aromatic rings. The van der Waals surface area contributed by atoms with Gasteiger partial charge in [-0.1, -0.05) is 12.1 Å². The molecular weight excluding hydrogens is 256 g/mol. The van der Waals surface area contributed by atoms with Gasteiger partial charge in [-0.3, -0.25) is 14.5 Å². The summed E-state index contributed by atoms with van der Waals surface area (Å²) in [5.41, 5.74) is 1.05. The molecule has 108 valence electrons. The van der Waals surface area contributed by atoms with Gasteiger partial charge in [0.15, 0.2) is 0 Å². The van der Waals surface area contributed by atoms with Crippen LogP contribution >= 0.6 is 0 Å². The molecule has 5 nitrogen and oxygen atoms in total. The number of imide groups is 1. The summed E-state index contributed by atoms with van der Waals surface area (Å²) in [5, 5.41) is 3.12. The van der Waals surface area contributed by atoms with Crippen LogP contribution in [-0.2, 0) is 16.1 Å². The fourth-order valence-electron chi connectivity index (χ4n) is 2.11. The van der Waals surface area contributed by atoms with Crippen molar-refractivity contribution in [2.24, 2.45) is 0 Å². The molecule has 1 atom stereocenters. The van der Waals surface area contributed by atoms with Crippen LogP contribution in [0.3, 0.4) is 0 Å². The molecule has 1 fully saturated rings. The van der Waals surface area contributed by atoms with Gasteiger partial charge in [0.2, 0.25) is 11.8 Å². The number of carbonyl (C=O) groups excluding carboxylic acids is 2. The first-order valence-electron chi connectivity index (χ1n) is 6.76. The highest BCUT2D eigenvalue weighted by Gasteiger charge is 2.35. The SMILES string of the molecule is CC(C)Oc1ccc(CNC2CC(=O)N(C)C2=O)cc1. The van der Waals surface area contributed by atoms with Gasteiger partial charge in [0.1, 0.15) is 5.75 Å². The van der Waals surface area contributed by atoms with E-state index in [1.807, 2.05) is 38.1 Å². The first-order chi connectivity index (χ1) is 9.47. The fraction of sp³-hybridized carbons (Fsp3) is 0.467. The Kier molecular flexibility index (Phi) is 4.39. The number of nitrogens with zero attached hydrogens (tertiary/aromatic N) is 1. The van der Waals surface area contributed by atoms with Gasteiger partial charge in [-0.05, 0) is 31.5 Å². The van der Waals surface area contributed by atoms with Gasteiger partial charge < -0.3 is 10.1 Å². The Labute approximate surface area is 118 Å². The Morgan fingerprint density at radius 2 is 1.95 bits per heavy atom. The number of likely N-dealkylation sites (N-methyl/N-ethyl adjacent to an activating group) is 1. The lowest BCUT2D eigenvalue weighted by molar-refractivity contribution is -0.137. The molecule has 5 heteroatoms. The van der Waals surface area contributed by atoms with Gasteiger partial charge in [0.05, 0.1) is 18.6 Å². The van der Waals surface area contributed by atoms with Crippen molar-refractivity contribution in [1.29, 1.82) is 0 Å². The largest absolute Gasteiger partial charge is 0.491 e. The van der Waals surface area contributed by atoms with E-state index in [2.05, 4.69) is 5.32 Å². The molecule has 0 aromatic heterocycles. The quantitative estimate of drug-likeness (QED) is 0.824. The van der Waals surface area contributed by atoms with E-state index < -0.39 is 6.04 Å². The number of ether oxygens (including phenoxy) is 1. The summed E-state index contributed by atoms with van der Waals surface area (Å²) in [5.74, 6) is 0.540. The number of rotatable bonds is 5. The van der Waals surface area contributed by atoms with Crippen molar-refractivity contribution in [3.8, 4) is 5.75 Å². The van der Waals surface area contributed by atoms with Crippen molar-refractivity contribution < 1.29 is 14.3 Å². The zero-order valence-corrected chi connectivity index (χ0v) is 12.1. The van der Waals surface area contributed by atoms with Gasteiger partial charge in [-0.2, -0.15) is 0 Å². The van der Waals surface area contributed by atoms with Crippen LogP contribution in [0.15, 0.2) is 24.3 Å². The van der Waals surface area contributed by atoms with Crippen molar-refractivity contribution in [1.82, 2.24) is 10.2 Å². The minimum absolute atomic E-state index is 0.131. The third kappa shape index (κ3) is 3.36. The third-order valence-corrected chi connectivity index (χ3v) is 3.23. The highest BCUT2D eigenvalue weighted by Crippen LogP contribution is 2.15. The molecule has 0 saturated carbocycles. The van der Waals surface area contributed by atoms with Crippen LogP contribution in [0.5, 0.6) is 5.75 Å². The summed E-state index contributed by atoms with van der Waals surface area (Å²) in [4.78, 5) is 24.3. The molecule has 1 heterocycles. The highest BCUT2D eigenvalue weighted by molar-refractivity contribution is 6.05. The van der Waals surface area contributed by atoms with Crippen molar-refractivity contribution >= 4 is 11.8 Å². The first kappa shape index (κ1) is 14.5. The monoisotopic (exact) mass is 276 g/mol. The van der Waals surface area contributed by atoms with Crippen LogP contribution in [0.4, 0.5) is 0 Å². The summed E-state index contributed by atoms with van der Waals surface area (Å²) in [6, 6.07) is 7.32. The molecule has 1 aliphatic heterocycles. The molecule has 1 aromatic carbocycles. The summed E-state index contributed by atoms with van der Waals surface area (Å²) < 4.78 is 5.57. The molecule has 0 radical (unpaired) electrons. The van der Waals surface area contributed by atoms with Gasteiger partial charge in [-0.25, -0.2) is 0 Å². The number of hydrogen-bond donors (Lipinski definition) is 1. The number of amides is 2. The Bertz CT molecular complexity index is 496. The van der Waals surface area contributed by atoms with E-state index in [-0.39, 0.29) is 24.3 Å². The van der Waals surface area contributed by atoms with E-state index in [0.717, 1.165) is 11.3 Å². The summed E-state index contributed by atoms with van der Waals surface area (Å²) in [6.07, 6.45) is 0.390. The number of carbonyl (C=O) groups is 2. The number of benzene rings is 1. The lowest BCUT2D eigenvalue weighted by Crippen LogP contribution is -2.36. The van der Waals surface area contributed by atoms with Crippen LogP contribution in [0.1, 0.15) is 25.8 Å². The first-order valence-corrected chi connectivity index (χ1v) is 6.76. The molecule has 20 heavy (non-hydrogen) atoms. The molecule has 0 aliphatic carbocycles. The average Bonchev–Trinajstić information content (AvgIpc) is 2.65. The molecular formula is C15H20N2O3. The van der Waals surface area contributed by atoms with Crippen LogP contribution in [0.2, 0.25) is 0 Å². The van der Waals surface area contributed by atoms with Crippen molar-refractivity contribution in [3.63, 3.8) is 0 Å². The van der Waals surface area contributed by atoms with Gasteiger partial charge in [0, 0.05) is 13.6 Å². The molecule has 1 aliphatic rings. The van der Waals surface area contributed by atoms with Crippen molar-refractivity contribution in [2.75, 3.05) is 7.05 Å². The number of hydrogen-bond acceptors (Lipinski definition) is 4. The smallest absolute Gasteiger partial charge is 0.246 e. The van der Waals surface area contributed by atoms with E-state index in [9.17, 15) is 9.59 Å². The second-order valence-electron chi connectivity index (χ2n) is 5.24. The zero-order chi connectivity index (χ0) is 14.7. The molecule has 1 saturated heterocycles. The predicted octanol–water partition coefficient (Wildman–Crippen LogP) is 1.32. The Morgan fingerprint density at radius 1 is 1.30 bits per heavy atom. The standard InChI is InChI=1S/C15H20N2O3/c1-10(2)20-12-6-4-11(5-7-12)9-16-13-8-14(18)17(3)15(13)19/h4-7,10,13,16H,8-9H2,1-3H3. The summed E-state index contributed by atoms with van der Waals surface area (Å²) in [7, 11) is 1.52. The minimum Gasteiger partial charge on any atom is -0.491 e. The van der Waals surface area contributed by atoms with Crippen LogP contribution in [-0.4, -0.2) is 35.9 Å². The lowest BCUT2D eigenvalue weighted by atomic mass is 10.2. The Morgan fingerprint density at radius 3 is 2.45 bits per heavy atom. The Hall–Kier alpha value is -1.88. The van der Waals surface area contributed by atoms with E-state index in [1.54, 1.807) is 0 Å². The lowest BCUT2D eigenvalue weighted by Gasteiger charge is -2.12. The van der Waals surface area contributed by atoms with E-state index in [4.69, 9.17) is 4.74 Å². The normalized spacial score (nSPS) is 19.0. The molecule has 0 bridgehead atoms. The van der Waals surface area contributed by atoms with E-state index >= 15 is 0 Å². The van der Waals surface area contributed by atoms with Crippen LogP contribution in [0.25, 0.3) is 0 Å². The molecule has 1 N–H and O–H groups in total. The maximum absolute atomic E-state index is 11.7. The Balaban J connectivity index is 1.88. The maximum atomic E-state index is 11.7. The second kappa shape index (κ2) is 6.05. The minimum atomic E-state index is -0.404. The van der Waals surface area contributed by atoms with Gasteiger partial charge >= 0.3 is 0 Å². The van der Waals surface area contributed by atoms with Gasteiger partial charge in [-0.15, -0.1) is 0 Å². The molecule has 0 spiro atoms. The molecule has 1 unspecified atom stereocenters. The maximum Gasteiger partial charge on any atom is 0.246 e. The fourth-order valence-corrected chi connectivity index (χ4v) is 2.11. The second-order valence-corrected chi connectivity index (χ2v) is 5.24. The van der Waals surface area contributed by atoms with Crippen LogP contribution in [0, 0.1) is 0 Å². The molecule has 2 amide bonds. The van der Waals surface area contributed by atoms with Crippen LogP contribution < -0.4 is 10.1 Å². The number of nitrogens with one attached hydrogen (secondary N) is 1. The highest BCUT2D eigenvalue weighted by atomic mass is 16.5. The summed E-state index contributed by atoms with van der Waals surface area (Å²) >= 11 is 0. The van der Waals surface area contributed by atoms with Crippen molar-refractivity contribution in [3.05, 3.63) is 29.8 Å². The van der Waals surface area contributed by atoms with E-state index in [1.165, 1.54) is 11.9 Å². The topological polar surface area (TPSA) is 58.6 Å². The van der Waals surface area contributed by atoms with Gasteiger partial charge in [0.25, 0.3) is 0 Å². The average molecular weight is 276 g/mol. The van der Waals surface area contributed by atoms with Crippen molar-refractivity contribution in [2.45, 2.75) is 39.0 Å². The third-order valence-electron chi connectivity index (χ3n) is 3.23. The predicted molar refractivity (Wildman–Crippen MR) is 75.2 cm³/mol. The summed E-state index contributed by atoms with van der Waals surface area (Å²) in [6.45, 7) is 4.52. The molecule has 2 rings (SSSR count). The van der Waals surface area contributed by atoms with E-state index in [0.29, 0.717) is 6.54 Å².